The monoisotopic (exact) mass is 248 g/mol. The molecule has 3 N–H and O–H groups in total. The molecule has 0 atom stereocenters. The van der Waals surface area contributed by atoms with Crippen molar-refractivity contribution in [2.45, 2.75) is 27.7 Å². The summed E-state index contributed by atoms with van der Waals surface area (Å²) in [4.78, 5) is 11.5. The first kappa shape index (κ1) is 12.0. The van der Waals surface area contributed by atoms with Gasteiger partial charge in [0.25, 0.3) is 0 Å². The molecule has 0 saturated carbocycles. The quantitative estimate of drug-likeness (QED) is 0.633. The molecule has 0 unspecified atom stereocenters. The van der Waals surface area contributed by atoms with Crippen LogP contribution in [-0.4, -0.2) is 9.97 Å². The van der Waals surface area contributed by atoms with Crippen molar-refractivity contribution in [3.8, 4) is 11.4 Å². The number of aryl methyl sites for hydroxylation is 3. The predicted octanol–water partition coefficient (Wildman–Crippen LogP) is 2.72. The van der Waals surface area contributed by atoms with E-state index in [2.05, 4.69) is 35.3 Å². The molecule has 5 heteroatoms. The van der Waals surface area contributed by atoms with Gasteiger partial charge in [-0.25, -0.2) is 15.8 Å². The molecule has 2 aromatic heterocycles. The minimum atomic E-state index is 0.691. The van der Waals surface area contributed by atoms with E-state index in [4.69, 9.17) is 5.84 Å². The molecule has 0 fully saturated rings. The molecule has 2 aromatic rings. The molecule has 0 aliphatic rings. The number of nitrogens with one attached hydrogen (secondary N) is 1. The molecule has 2 rings (SSSR count). The number of hydrogen-bond acceptors (Lipinski definition) is 5. The summed E-state index contributed by atoms with van der Waals surface area (Å²) < 4.78 is 0. The van der Waals surface area contributed by atoms with Gasteiger partial charge in [0.15, 0.2) is 5.82 Å². The Morgan fingerprint density at radius 1 is 1.18 bits per heavy atom. The van der Waals surface area contributed by atoms with Crippen LogP contribution in [0.5, 0.6) is 0 Å². The highest BCUT2D eigenvalue weighted by molar-refractivity contribution is 7.12. The van der Waals surface area contributed by atoms with Gasteiger partial charge in [-0.2, -0.15) is 0 Å². The van der Waals surface area contributed by atoms with Crippen molar-refractivity contribution in [1.29, 1.82) is 0 Å². The first-order valence-electron chi connectivity index (χ1n) is 5.42. The van der Waals surface area contributed by atoms with Crippen molar-refractivity contribution >= 4 is 17.2 Å². The topological polar surface area (TPSA) is 63.8 Å². The van der Waals surface area contributed by atoms with E-state index in [-0.39, 0.29) is 0 Å². The van der Waals surface area contributed by atoms with Gasteiger partial charge in [-0.3, -0.25) is 0 Å². The number of rotatable bonds is 2. The normalized spacial score (nSPS) is 10.6. The van der Waals surface area contributed by atoms with Crippen LogP contribution in [0.15, 0.2) is 6.07 Å². The third-order valence-electron chi connectivity index (χ3n) is 2.81. The second-order valence-corrected chi connectivity index (χ2v) is 5.54. The number of thiophene rings is 1. The van der Waals surface area contributed by atoms with E-state index in [9.17, 15) is 0 Å². The average molecular weight is 248 g/mol. The number of anilines is 1. The first-order valence-corrected chi connectivity index (χ1v) is 6.24. The largest absolute Gasteiger partial charge is 0.308 e. The van der Waals surface area contributed by atoms with E-state index in [1.54, 1.807) is 11.3 Å². The Hall–Kier alpha value is -1.46. The molecule has 0 aromatic carbocycles. The van der Waals surface area contributed by atoms with Crippen LogP contribution < -0.4 is 11.3 Å². The summed E-state index contributed by atoms with van der Waals surface area (Å²) in [7, 11) is 0. The third-order valence-corrected chi connectivity index (χ3v) is 3.77. The molecule has 0 bridgehead atoms. The minimum Gasteiger partial charge on any atom is -0.308 e. The number of nitrogen functional groups attached to an aromatic ring is 1. The summed E-state index contributed by atoms with van der Waals surface area (Å²) in [5.41, 5.74) is 5.65. The lowest BCUT2D eigenvalue weighted by Gasteiger charge is -2.09. The predicted molar refractivity (Wildman–Crippen MR) is 72.1 cm³/mol. The zero-order valence-corrected chi connectivity index (χ0v) is 11.3. The average Bonchev–Trinajstić information content (AvgIpc) is 2.61. The van der Waals surface area contributed by atoms with Gasteiger partial charge in [0, 0.05) is 26.6 Å². The Morgan fingerprint density at radius 2 is 1.88 bits per heavy atom. The third kappa shape index (κ3) is 2.16. The van der Waals surface area contributed by atoms with E-state index in [0.29, 0.717) is 5.82 Å². The van der Waals surface area contributed by atoms with Crippen LogP contribution in [-0.2, 0) is 0 Å². The zero-order valence-electron chi connectivity index (χ0n) is 10.5. The molecular weight excluding hydrogens is 232 g/mol. The number of nitrogens with zero attached hydrogens (tertiary/aromatic N) is 2. The SMILES string of the molecule is Cc1cc(-c2nc(C)c(C)c(NN)n2)c(C)s1. The van der Waals surface area contributed by atoms with Crippen LogP contribution in [0.1, 0.15) is 21.0 Å². The highest BCUT2D eigenvalue weighted by Gasteiger charge is 2.12. The molecule has 90 valence electrons. The Bertz CT molecular complexity index is 560. The second kappa shape index (κ2) is 4.43. The lowest BCUT2D eigenvalue weighted by atomic mass is 10.2. The van der Waals surface area contributed by atoms with Crippen LogP contribution in [0.3, 0.4) is 0 Å². The standard InChI is InChI=1S/C12H16N4S/c1-6-5-10(9(4)17-6)12-14-8(3)7(2)11(15-12)16-13/h5H,13H2,1-4H3,(H,14,15,16). The Morgan fingerprint density at radius 3 is 2.41 bits per heavy atom. The molecule has 2 heterocycles. The molecule has 0 radical (unpaired) electrons. The van der Waals surface area contributed by atoms with Crippen LogP contribution in [0.2, 0.25) is 0 Å². The highest BCUT2D eigenvalue weighted by atomic mass is 32.1. The van der Waals surface area contributed by atoms with Gasteiger partial charge >= 0.3 is 0 Å². The summed E-state index contributed by atoms with van der Waals surface area (Å²) in [6.45, 7) is 8.10. The van der Waals surface area contributed by atoms with Crippen molar-refractivity contribution in [1.82, 2.24) is 9.97 Å². The van der Waals surface area contributed by atoms with Gasteiger partial charge in [0.2, 0.25) is 0 Å². The molecule has 0 spiro atoms. The van der Waals surface area contributed by atoms with Gasteiger partial charge in [-0.05, 0) is 33.8 Å². The molecular formula is C12H16N4S. The number of nitrogens with two attached hydrogens (primary N) is 1. The fourth-order valence-electron chi connectivity index (χ4n) is 1.74. The van der Waals surface area contributed by atoms with Crippen molar-refractivity contribution in [2.75, 3.05) is 5.43 Å². The Kier molecular flexibility index (Phi) is 3.13. The van der Waals surface area contributed by atoms with Gasteiger partial charge in [0.05, 0.1) is 0 Å². The maximum Gasteiger partial charge on any atom is 0.162 e. The second-order valence-electron chi connectivity index (χ2n) is 4.08. The lowest BCUT2D eigenvalue weighted by molar-refractivity contribution is 1.06. The zero-order chi connectivity index (χ0) is 12.6. The minimum absolute atomic E-state index is 0.691. The maximum absolute atomic E-state index is 5.47. The summed E-state index contributed by atoms with van der Waals surface area (Å²) in [6, 6.07) is 2.12. The Balaban J connectivity index is 2.60. The number of hydrogen-bond donors (Lipinski definition) is 2. The number of hydrazine groups is 1. The molecule has 0 saturated heterocycles. The maximum atomic E-state index is 5.47. The van der Waals surface area contributed by atoms with E-state index >= 15 is 0 Å². The van der Waals surface area contributed by atoms with Crippen molar-refractivity contribution in [3.63, 3.8) is 0 Å². The summed E-state index contributed by atoms with van der Waals surface area (Å²) in [6.07, 6.45) is 0. The lowest BCUT2D eigenvalue weighted by Crippen LogP contribution is -2.12. The van der Waals surface area contributed by atoms with E-state index < -0.39 is 0 Å². The van der Waals surface area contributed by atoms with Crippen LogP contribution >= 0.6 is 11.3 Å². The number of aromatic nitrogens is 2. The van der Waals surface area contributed by atoms with Crippen molar-refractivity contribution < 1.29 is 0 Å². The first-order chi connectivity index (χ1) is 8.02. The van der Waals surface area contributed by atoms with Crippen molar-refractivity contribution in [3.05, 3.63) is 27.1 Å². The highest BCUT2D eigenvalue weighted by Crippen LogP contribution is 2.29. The molecule has 0 aliphatic heterocycles. The van der Waals surface area contributed by atoms with Gasteiger partial charge in [0.1, 0.15) is 5.82 Å². The smallest absolute Gasteiger partial charge is 0.162 e. The van der Waals surface area contributed by atoms with E-state index in [1.165, 1.54) is 9.75 Å². The van der Waals surface area contributed by atoms with Crippen molar-refractivity contribution in [2.24, 2.45) is 5.84 Å². The summed E-state index contributed by atoms with van der Waals surface area (Å²) in [5, 5.41) is 0. The van der Waals surface area contributed by atoms with Gasteiger partial charge < -0.3 is 5.43 Å². The van der Waals surface area contributed by atoms with Crippen LogP contribution in [0.25, 0.3) is 11.4 Å². The Labute approximate surface area is 105 Å². The molecule has 0 aliphatic carbocycles. The summed E-state index contributed by atoms with van der Waals surface area (Å²) >= 11 is 1.76. The van der Waals surface area contributed by atoms with Crippen LogP contribution in [0, 0.1) is 27.7 Å². The van der Waals surface area contributed by atoms with Crippen LogP contribution in [0.4, 0.5) is 5.82 Å². The van der Waals surface area contributed by atoms with E-state index in [1.807, 2.05) is 13.8 Å². The molecule has 0 amide bonds. The molecule has 17 heavy (non-hydrogen) atoms. The van der Waals surface area contributed by atoms with Gasteiger partial charge in [-0.15, -0.1) is 11.3 Å². The van der Waals surface area contributed by atoms with E-state index in [0.717, 1.165) is 22.6 Å². The fraction of sp³-hybridized carbons (Fsp3) is 0.333. The molecule has 4 nitrogen and oxygen atoms in total. The summed E-state index contributed by atoms with van der Waals surface area (Å²) in [5.74, 6) is 6.90. The fourth-order valence-corrected chi connectivity index (χ4v) is 2.66. The van der Waals surface area contributed by atoms with Gasteiger partial charge in [-0.1, -0.05) is 0 Å².